The average molecular weight is 124 g/mol. The van der Waals surface area contributed by atoms with E-state index in [4.69, 9.17) is 15.2 Å². The van der Waals surface area contributed by atoms with Gasteiger partial charge in [-0.2, -0.15) is 0 Å². The lowest BCUT2D eigenvalue weighted by atomic mass is 11.7. The van der Waals surface area contributed by atoms with Crippen LogP contribution in [0.4, 0.5) is 0 Å². The molecule has 0 aliphatic rings. The van der Waals surface area contributed by atoms with Gasteiger partial charge in [0.1, 0.15) is 0 Å². The molecule has 7 heavy (non-hydrogen) atoms. The molecule has 0 aromatic rings. The molecule has 5 heteroatoms. The summed E-state index contributed by atoms with van der Waals surface area (Å²) >= 11 is 0. The Kier molecular flexibility index (Phi) is 2.41. The standard InChI is InChI=1S/C2H8O4Si/c1-7(5,2-3)6-4/h3-5H,2H2,1H3. The van der Waals surface area contributed by atoms with Crippen LogP contribution in [0, 0.1) is 0 Å². The maximum absolute atomic E-state index is 8.55. The van der Waals surface area contributed by atoms with Gasteiger partial charge in [0.2, 0.25) is 0 Å². The highest BCUT2D eigenvalue weighted by atomic mass is 28.4. The highest BCUT2D eigenvalue weighted by molar-refractivity contribution is 6.64. The Morgan fingerprint density at radius 1 is 1.71 bits per heavy atom. The molecule has 0 saturated heterocycles. The van der Waals surface area contributed by atoms with Crippen LogP contribution in [-0.2, 0) is 4.58 Å². The molecule has 4 nitrogen and oxygen atoms in total. The SMILES string of the molecule is C[Si](O)(CO)OO. The van der Waals surface area contributed by atoms with Gasteiger partial charge in [-0.05, 0) is 6.55 Å². The zero-order chi connectivity index (χ0) is 5.91. The lowest BCUT2D eigenvalue weighted by Gasteiger charge is -2.09. The van der Waals surface area contributed by atoms with Crippen LogP contribution in [0.15, 0.2) is 0 Å². The zero-order valence-corrected chi connectivity index (χ0v) is 4.96. The fourth-order valence-electron chi connectivity index (χ4n) is 0.0289. The molecule has 0 radical (unpaired) electrons. The Morgan fingerprint density at radius 3 is 2.14 bits per heavy atom. The average Bonchev–Trinajstić information content (AvgIpc) is 1.68. The lowest BCUT2D eigenvalue weighted by molar-refractivity contribution is -0.169. The van der Waals surface area contributed by atoms with E-state index in [1.165, 1.54) is 6.55 Å². The van der Waals surface area contributed by atoms with E-state index in [0.717, 1.165) is 0 Å². The normalized spacial score (nSPS) is 18.9. The molecule has 0 saturated carbocycles. The van der Waals surface area contributed by atoms with Crippen molar-refractivity contribution in [1.29, 1.82) is 0 Å². The van der Waals surface area contributed by atoms with E-state index in [1.807, 2.05) is 0 Å². The van der Waals surface area contributed by atoms with Gasteiger partial charge in [0.25, 0.3) is 0 Å². The topological polar surface area (TPSA) is 69.9 Å². The van der Waals surface area contributed by atoms with Crippen LogP contribution in [0.2, 0.25) is 6.55 Å². The summed E-state index contributed by atoms with van der Waals surface area (Å²) in [4.78, 5) is 8.55. The molecule has 0 heterocycles. The predicted molar refractivity (Wildman–Crippen MR) is 24.6 cm³/mol. The van der Waals surface area contributed by atoms with Gasteiger partial charge in [0, 0.05) is 0 Å². The first-order valence-corrected chi connectivity index (χ1v) is 4.34. The fourth-order valence-corrected chi connectivity index (χ4v) is 0.0866. The monoisotopic (exact) mass is 124 g/mol. The Morgan fingerprint density at radius 2 is 2.14 bits per heavy atom. The number of hydrogen-bond acceptors (Lipinski definition) is 4. The fraction of sp³-hybridized carbons (Fsp3) is 1.00. The molecule has 0 aromatic heterocycles. The van der Waals surface area contributed by atoms with Crippen LogP contribution in [-0.4, -0.2) is 30.0 Å². The molecule has 0 rings (SSSR count). The van der Waals surface area contributed by atoms with Gasteiger partial charge in [-0.25, -0.2) is 0 Å². The minimum atomic E-state index is -3.04. The second-order valence-electron chi connectivity index (χ2n) is 1.42. The Labute approximate surface area is 42.2 Å². The summed E-state index contributed by atoms with van der Waals surface area (Å²) in [7, 11) is -3.04. The summed E-state index contributed by atoms with van der Waals surface area (Å²) in [5.74, 6) is 0. The molecule has 0 fully saturated rings. The number of aliphatic hydroxyl groups excluding tert-OH is 1. The molecule has 0 aromatic carbocycles. The summed E-state index contributed by atoms with van der Waals surface area (Å²) in [5, 5.41) is 15.9. The van der Waals surface area contributed by atoms with Crippen molar-refractivity contribution in [3.63, 3.8) is 0 Å². The third-order valence-electron chi connectivity index (χ3n) is 0.490. The molecule has 0 spiro atoms. The van der Waals surface area contributed by atoms with Crippen molar-refractivity contribution in [3.8, 4) is 0 Å². The van der Waals surface area contributed by atoms with Gasteiger partial charge in [0.05, 0.1) is 6.23 Å². The minimum absolute atomic E-state index is 0.483. The Bertz CT molecular complexity index is 47.7. The van der Waals surface area contributed by atoms with Gasteiger partial charge in [-0.1, -0.05) is 0 Å². The maximum atomic E-state index is 8.55. The maximum Gasteiger partial charge on any atom is 0.394 e. The van der Waals surface area contributed by atoms with Crippen molar-refractivity contribution in [3.05, 3.63) is 0 Å². The summed E-state index contributed by atoms with van der Waals surface area (Å²) in [5.41, 5.74) is 0. The van der Waals surface area contributed by atoms with Crippen molar-refractivity contribution in [2.24, 2.45) is 0 Å². The van der Waals surface area contributed by atoms with E-state index >= 15 is 0 Å². The van der Waals surface area contributed by atoms with Gasteiger partial charge in [0.15, 0.2) is 0 Å². The third kappa shape index (κ3) is 2.72. The first-order chi connectivity index (χ1) is 3.12. The predicted octanol–water partition coefficient (Wildman–Crippen LogP) is -0.928. The van der Waals surface area contributed by atoms with Gasteiger partial charge in [-0.3, -0.25) is 9.83 Å². The van der Waals surface area contributed by atoms with E-state index in [0.29, 0.717) is 0 Å². The molecule has 1 atom stereocenters. The van der Waals surface area contributed by atoms with Crippen molar-refractivity contribution in [1.82, 2.24) is 0 Å². The molecular formula is C2H8O4Si. The Hall–Kier alpha value is 0.0569. The van der Waals surface area contributed by atoms with E-state index in [9.17, 15) is 0 Å². The smallest absolute Gasteiger partial charge is 0.394 e. The van der Waals surface area contributed by atoms with Crippen LogP contribution in [0.25, 0.3) is 0 Å². The first kappa shape index (κ1) is 7.06. The molecule has 44 valence electrons. The summed E-state index contributed by atoms with van der Waals surface area (Å²) < 4.78 is 3.53. The van der Waals surface area contributed by atoms with E-state index in [-0.39, 0.29) is 0 Å². The van der Waals surface area contributed by atoms with Crippen LogP contribution >= 0.6 is 0 Å². The van der Waals surface area contributed by atoms with Gasteiger partial charge < -0.3 is 9.90 Å². The first-order valence-electron chi connectivity index (χ1n) is 1.78. The molecule has 0 aliphatic heterocycles. The van der Waals surface area contributed by atoms with Crippen LogP contribution in [0.5, 0.6) is 0 Å². The second-order valence-corrected chi connectivity index (χ2v) is 4.27. The Balaban J connectivity index is 3.36. The number of rotatable bonds is 2. The quantitative estimate of drug-likeness (QED) is 0.253. The highest BCUT2D eigenvalue weighted by Gasteiger charge is 2.25. The molecule has 0 aliphatic carbocycles. The van der Waals surface area contributed by atoms with E-state index in [1.54, 1.807) is 0 Å². The van der Waals surface area contributed by atoms with E-state index in [2.05, 4.69) is 4.58 Å². The van der Waals surface area contributed by atoms with Crippen LogP contribution in [0.1, 0.15) is 0 Å². The molecule has 0 bridgehead atoms. The summed E-state index contributed by atoms with van der Waals surface area (Å²) in [6.45, 7) is 1.27. The summed E-state index contributed by atoms with van der Waals surface area (Å²) in [6, 6.07) is 0. The van der Waals surface area contributed by atoms with Crippen LogP contribution < -0.4 is 0 Å². The second kappa shape index (κ2) is 2.39. The number of hydrogen-bond donors (Lipinski definition) is 3. The van der Waals surface area contributed by atoms with E-state index < -0.39 is 14.8 Å². The summed E-state index contributed by atoms with van der Waals surface area (Å²) in [6.07, 6.45) is -0.483. The van der Waals surface area contributed by atoms with Crippen molar-refractivity contribution in [2.45, 2.75) is 6.55 Å². The van der Waals surface area contributed by atoms with Gasteiger partial charge >= 0.3 is 8.56 Å². The van der Waals surface area contributed by atoms with Gasteiger partial charge in [-0.15, -0.1) is 0 Å². The molecular weight excluding hydrogens is 116 g/mol. The molecule has 3 N–H and O–H groups in total. The largest absolute Gasteiger partial charge is 0.408 e. The zero-order valence-electron chi connectivity index (χ0n) is 3.96. The third-order valence-corrected chi connectivity index (χ3v) is 1.47. The van der Waals surface area contributed by atoms with Crippen molar-refractivity contribution in [2.75, 3.05) is 6.23 Å². The molecule has 1 unspecified atom stereocenters. The van der Waals surface area contributed by atoms with Crippen LogP contribution in [0.3, 0.4) is 0 Å². The molecule has 0 amide bonds. The van der Waals surface area contributed by atoms with Crippen molar-refractivity contribution >= 4 is 8.56 Å². The van der Waals surface area contributed by atoms with Crippen molar-refractivity contribution < 1.29 is 19.7 Å². The highest BCUT2D eigenvalue weighted by Crippen LogP contribution is 1.92. The lowest BCUT2D eigenvalue weighted by Crippen LogP contribution is -2.38. The minimum Gasteiger partial charge on any atom is -0.408 e. The number of aliphatic hydroxyl groups is 1.